The fourth-order valence-electron chi connectivity index (χ4n) is 1.57. The molecule has 0 aliphatic rings. The Morgan fingerprint density at radius 1 is 1.41 bits per heavy atom. The van der Waals surface area contributed by atoms with Gasteiger partial charge in [0.25, 0.3) is 0 Å². The van der Waals surface area contributed by atoms with Crippen LogP contribution in [0.1, 0.15) is 12.2 Å². The van der Waals surface area contributed by atoms with Crippen molar-refractivity contribution in [3.8, 4) is 5.75 Å². The maximum absolute atomic E-state index is 8.73. The zero-order valence-corrected chi connectivity index (χ0v) is 10.00. The molecule has 4 nitrogen and oxygen atoms in total. The van der Waals surface area contributed by atoms with Crippen molar-refractivity contribution in [2.75, 3.05) is 13.2 Å². The molecule has 0 aliphatic heterocycles. The van der Waals surface area contributed by atoms with Crippen LogP contribution in [0.5, 0.6) is 5.75 Å². The van der Waals surface area contributed by atoms with Crippen LogP contribution in [0.2, 0.25) is 0 Å². The summed E-state index contributed by atoms with van der Waals surface area (Å²) in [5.74, 6) is 0.945. The molecule has 3 N–H and O–H groups in total. The summed E-state index contributed by atoms with van der Waals surface area (Å²) >= 11 is 4.92. The SMILES string of the molecule is NC(=S)c1oc2ccccc2c1OCCCO. The molecule has 0 aliphatic carbocycles. The largest absolute Gasteiger partial charge is 0.489 e. The number of furan rings is 1. The Kier molecular flexibility index (Phi) is 3.61. The van der Waals surface area contributed by atoms with E-state index in [0.717, 1.165) is 5.39 Å². The van der Waals surface area contributed by atoms with Crippen molar-refractivity contribution in [2.45, 2.75) is 6.42 Å². The minimum Gasteiger partial charge on any atom is -0.489 e. The smallest absolute Gasteiger partial charge is 0.204 e. The molecule has 0 spiro atoms. The van der Waals surface area contributed by atoms with Crippen LogP contribution in [0.15, 0.2) is 28.7 Å². The van der Waals surface area contributed by atoms with Crippen molar-refractivity contribution in [1.29, 1.82) is 0 Å². The highest BCUT2D eigenvalue weighted by Gasteiger charge is 2.17. The summed E-state index contributed by atoms with van der Waals surface area (Å²) in [4.78, 5) is 0.167. The van der Waals surface area contributed by atoms with E-state index >= 15 is 0 Å². The minimum atomic E-state index is 0.0815. The summed E-state index contributed by atoms with van der Waals surface area (Å²) in [6, 6.07) is 7.47. The Hall–Kier alpha value is -1.59. The summed E-state index contributed by atoms with van der Waals surface area (Å²) in [5.41, 5.74) is 6.28. The van der Waals surface area contributed by atoms with Crippen LogP contribution >= 0.6 is 12.2 Å². The fourth-order valence-corrected chi connectivity index (χ4v) is 1.70. The number of fused-ring (bicyclic) bond motifs is 1. The molecule has 1 heterocycles. The molecule has 2 aromatic rings. The highest BCUT2D eigenvalue weighted by molar-refractivity contribution is 7.80. The first-order valence-corrected chi connectivity index (χ1v) is 5.70. The van der Waals surface area contributed by atoms with Gasteiger partial charge in [0.2, 0.25) is 5.76 Å². The normalized spacial score (nSPS) is 10.6. The second-order valence-corrected chi connectivity index (χ2v) is 3.99. The predicted molar refractivity (Wildman–Crippen MR) is 69.3 cm³/mol. The fraction of sp³-hybridized carbons (Fsp3) is 0.250. The van der Waals surface area contributed by atoms with E-state index in [0.29, 0.717) is 30.1 Å². The van der Waals surface area contributed by atoms with Crippen molar-refractivity contribution in [3.63, 3.8) is 0 Å². The molecular weight excluding hydrogens is 238 g/mol. The standard InChI is InChI=1S/C12H13NO3S/c13-12(17)11-10(15-7-3-6-14)8-4-1-2-5-9(8)16-11/h1-2,4-5,14H,3,6-7H2,(H2,13,17). The first-order valence-electron chi connectivity index (χ1n) is 5.29. The lowest BCUT2D eigenvalue weighted by Crippen LogP contribution is -2.10. The molecule has 0 atom stereocenters. The Morgan fingerprint density at radius 3 is 2.88 bits per heavy atom. The van der Waals surface area contributed by atoms with Gasteiger partial charge in [-0.05, 0) is 12.1 Å². The molecule has 1 aromatic carbocycles. The quantitative estimate of drug-likeness (QED) is 0.626. The summed E-state index contributed by atoms with van der Waals surface area (Å²) in [6.45, 7) is 0.480. The van der Waals surface area contributed by atoms with Crippen molar-refractivity contribution in [1.82, 2.24) is 0 Å². The van der Waals surface area contributed by atoms with Crippen molar-refractivity contribution in [2.24, 2.45) is 5.73 Å². The molecule has 0 amide bonds. The van der Waals surface area contributed by atoms with Crippen LogP contribution < -0.4 is 10.5 Å². The van der Waals surface area contributed by atoms with Gasteiger partial charge in [0.1, 0.15) is 10.6 Å². The monoisotopic (exact) mass is 251 g/mol. The third kappa shape index (κ3) is 2.40. The van der Waals surface area contributed by atoms with Crippen molar-refractivity contribution in [3.05, 3.63) is 30.0 Å². The van der Waals surface area contributed by atoms with Crippen LogP contribution in [0.4, 0.5) is 0 Å². The molecule has 0 bridgehead atoms. The number of ether oxygens (including phenoxy) is 1. The van der Waals surface area contributed by atoms with Gasteiger partial charge in [0.05, 0.1) is 12.0 Å². The Morgan fingerprint density at radius 2 is 2.18 bits per heavy atom. The number of thiocarbonyl (C=S) groups is 1. The maximum Gasteiger partial charge on any atom is 0.204 e. The summed E-state index contributed by atoms with van der Waals surface area (Å²) < 4.78 is 11.1. The topological polar surface area (TPSA) is 68.6 Å². The molecule has 2 rings (SSSR count). The summed E-state index contributed by atoms with van der Waals surface area (Å²) in [6.07, 6.45) is 0.552. The Labute approximate surface area is 104 Å². The van der Waals surface area contributed by atoms with Crippen LogP contribution in [0, 0.1) is 0 Å². The van der Waals surface area contributed by atoms with Gasteiger partial charge in [0, 0.05) is 13.0 Å². The first kappa shape index (κ1) is 11.9. The van der Waals surface area contributed by atoms with Gasteiger partial charge in [0.15, 0.2) is 5.75 Å². The molecule has 90 valence electrons. The molecule has 17 heavy (non-hydrogen) atoms. The lowest BCUT2D eigenvalue weighted by Gasteiger charge is -2.04. The number of hydrogen-bond acceptors (Lipinski definition) is 4. The Balaban J connectivity index is 2.41. The number of nitrogens with two attached hydrogens (primary N) is 1. The van der Waals surface area contributed by atoms with Gasteiger partial charge in [-0.25, -0.2) is 0 Å². The lowest BCUT2D eigenvalue weighted by atomic mass is 10.2. The number of para-hydroxylation sites is 1. The summed E-state index contributed by atoms with van der Waals surface area (Å²) in [5, 5.41) is 9.57. The van der Waals surface area contributed by atoms with Gasteiger partial charge >= 0.3 is 0 Å². The second kappa shape index (κ2) is 5.16. The molecular formula is C12H13NO3S. The van der Waals surface area contributed by atoms with Gasteiger partial charge in [-0.1, -0.05) is 24.4 Å². The highest BCUT2D eigenvalue weighted by atomic mass is 32.1. The van der Waals surface area contributed by atoms with E-state index in [1.54, 1.807) is 0 Å². The zero-order chi connectivity index (χ0) is 12.3. The van der Waals surface area contributed by atoms with Crippen LogP contribution in [0.3, 0.4) is 0 Å². The van der Waals surface area contributed by atoms with Crippen LogP contribution in [-0.4, -0.2) is 23.3 Å². The van der Waals surface area contributed by atoms with E-state index in [1.807, 2.05) is 24.3 Å². The van der Waals surface area contributed by atoms with Crippen molar-refractivity contribution >= 4 is 28.2 Å². The van der Waals surface area contributed by atoms with E-state index in [4.69, 9.17) is 32.2 Å². The lowest BCUT2D eigenvalue weighted by molar-refractivity contribution is 0.233. The van der Waals surface area contributed by atoms with Crippen molar-refractivity contribution < 1.29 is 14.3 Å². The van der Waals surface area contributed by atoms with Gasteiger partial charge < -0.3 is 20.0 Å². The number of rotatable bonds is 5. The average molecular weight is 251 g/mol. The van der Waals surface area contributed by atoms with Crippen LogP contribution in [-0.2, 0) is 0 Å². The molecule has 0 radical (unpaired) electrons. The van der Waals surface area contributed by atoms with E-state index in [-0.39, 0.29) is 11.6 Å². The molecule has 0 fully saturated rings. The van der Waals surface area contributed by atoms with E-state index < -0.39 is 0 Å². The minimum absolute atomic E-state index is 0.0815. The number of benzene rings is 1. The Bertz CT molecular complexity index is 536. The van der Waals surface area contributed by atoms with Gasteiger partial charge in [-0.3, -0.25) is 0 Å². The van der Waals surface area contributed by atoms with Crippen LogP contribution in [0.25, 0.3) is 11.0 Å². The van der Waals surface area contributed by atoms with Gasteiger partial charge in [-0.2, -0.15) is 0 Å². The average Bonchev–Trinajstić information content (AvgIpc) is 2.69. The zero-order valence-electron chi connectivity index (χ0n) is 9.18. The second-order valence-electron chi connectivity index (χ2n) is 3.55. The molecule has 5 heteroatoms. The third-order valence-electron chi connectivity index (χ3n) is 2.32. The first-order chi connectivity index (χ1) is 8.24. The third-order valence-corrected chi connectivity index (χ3v) is 2.51. The number of hydrogen-bond donors (Lipinski definition) is 2. The van der Waals surface area contributed by atoms with Gasteiger partial charge in [-0.15, -0.1) is 0 Å². The molecule has 0 saturated carbocycles. The van der Waals surface area contributed by atoms with E-state index in [1.165, 1.54) is 0 Å². The highest BCUT2D eigenvalue weighted by Crippen LogP contribution is 2.32. The maximum atomic E-state index is 8.73. The number of aliphatic hydroxyl groups is 1. The molecule has 0 unspecified atom stereocenters. The summed E-state index contributed by atoms with van der Waals surface area (Å²) in [7, 11) is 0. The predicted octanol–water partition coefficient (Wildman–Crippen LogP) is 1.83. The number of aliphatic hydroxyl groups excluding tert-OH is 1. The van der Waals surface area contributed by atoms with E-state index in [2.05, 4.69) is 0 Å². The van der Waals surface area contributed by atoms with E-state index in [9.17, 15) is 0 Å². The molecule has 1 aromatic heterocycles. The molecule has 0 saturated heterocycles.